The lowest BCUT2D eigenvalue weighted by molar-refractivity contribution is 0.0695. The highest BCUT2D eigenvalue weighted by molar-refractivity contribution is 5.99. The normalized spacial score (nSPS) is 21.9. The van der Waals surface area contributed by atoms with Crippen molar-refractivity contribution >= 4 is 23.6 Å². The quantitative estimate of drug-likeness (QED) is 0.738. The Morgan fingerprint density at radius 1 is 1.42 bits per heavy atom. The van der Waals surface area contributed by atoms with Crippen molar-refractivity contribution in [3.63, 3.8) is 0 Å². The Morgan fingerprint density at radius 3 is 2.97 bits per heavy atom. The third-order valence-electron chi connectivity index (χ3n) is 5.74. The summed E-state index contributed by atoms with van der Waals surface area (Å²) in [6.07, 6.45) is 6.65. The number of nitrogens with one attached hydrogen (secondary N) is 1. The van der Waals surface area contributed by atoms with Crippen molar-refractivity contribution in [3.05, 3.63) is 35.3 Å². The van der Waals surface area contributed by atoms with E-state index in [2.05, 4.69) is 20.3 Å². The van der Waals surface area contributed by atoms with Gasteiger partial charge in [-0.15, -0.1) is 0 Å². The molecule has 2 aromatic heterocycles. The zero-order chi connectivity index (χ0) is 22.2. The van der Waals surface area contributed by atoms with Gasteiger partial charge in [0.1, 0.15) is 17.6 Å². The molecule has 8 nitrogen and oxygen atoms in total. The molecule has 166 valence electrons. The largest absolute Gasteiger partial charge is 0.389 e. The third-order valence-corrected chi connectivity index (χ3v) is 5.74. The van der Waals surface area contributed by atoms with Crippen LogP contribution in [0.3, 0.4) is 0 Å². The Balaban J connectivity index is 1.64. The molecule has 1 amide bonds. The number of allylic oxidation sites excluding steroid dienone is 1. The van der Waals surface area contributed by atoms with E-state index in [1.807, 2.05) is 13.0 Å². The number of aliphatic hydroxyl groups is 1. The van der Waals surface area contributed by atoms with Gasteiger partial charge in [0.25, 0.3) is 5.91 Å². The average molecular weight is 429 g/mol. The summed E-state index contributed by atoms with van der Waals surface area (Å²) in [5, 5.41) is 16.8. The molecule has 2 N–H and O–H groups in total. The fraction of sp³-hybridized carbons (Fsp3) is 0.545. The van der Waals surface area contributed by atoms with Gasteiger partial charge >= 0.3 is 0 Å². The number of hydrogen-bond donors (Lipinski definition) is 2. The Morgan fingerprint density at radius 2 is 2.23 bits per heavy atom. The van der Waals surface area contributed by atoms with E-state index < -0.39 is 11.8 Å². The van der Waals surface area contributed by atoms with Crippen molar-refractivity contribution in [3.8, 4) is 0 Å². The van der Waals surface area contributed by atoms with E-state index in [9.17, 15) is 14.3 Å². The molecule has 0 saturated carbocycles. The van der Waals surface area contributed by atoms with E-state index in [0.29, 0.717) is 17.6 Å². The Hall–Kier alpha value is -2.81. The van der Waals surface area contributed by atoms with Crippen LogP contribution in [0.4, 0.5) is 10.2 Å². The van der Waals surface area contributed by atoms with E-state index in [1.54, 1.807) is 24.6 Å². The number of anilines is 1. The number of aromatic nitrogens is 3. The molecule has 2 unspecified atom stereocenters. The maximum absolute atomic E-state index is 14.1. The predicted octanol–water partition coefficient (Wildman–Crippen LogP) is 2.68. The van der Waals surface area contributed by atoms with Crippen LogP contribution in [-0.2, 0) is 0 Å². The molecule has 2 aliphatic heterocycles. The number of carbonyl (C=O) groups excluding carboxylic acids is 1. The van der Waals surface area contributed by atoms with Gasteiger partial charge in [0.2, 0.25) is 0 Å². The van der Waals surface area contributed by atoms with Crippen LogP contribution in [0, 0.1) is 0 Å². The molecule has 9 heteroatoms. The lowest BCUT2D eigenvalue weighted by atomic mass is 9.94. The van der Waals surface area contributed by atoms with Crippen molar-refractivity contribution in [2.24, 2.45) is 4.99 Å². The fourth-order valence-corrected chi connectivity index (χ4v) is 4.26. The van der Waals surface area contributed by atoms with Gasteiger partial charge in [0.15, 0.2) is 5.65 Å². The molecule has 2 aliphatic rings. The van der Waals surface area contributed by atoms with Crippen LogP contribution in [-0.4, -0.2) is 62.7 Å². The molecule has 0 aromatic carbocycles. The van der Waals surface area contributed by atoms with Crippen molar-refractivity contribution in [2.75, 3.05) is 18.0 Å². The molecule has 0 bridgehead atoms. The standard InChI is InChI=1S/C22H29FN6O2/c1-4-17-15(10-14(23)11-24-17)18-6-5-8-28(18)19-7-9-29-20(27-19)16(12-26-29)21(30)25-13-22(2,3)31/h7,9,11-12,14,18,31H,4-6,8,10,13H2,1-3H3,(H,25,30). The first-order chi connectivity index (χ1) is 14.8. The number of carbonyl (C=O) groups is 1. The monoisotopic (exact) mass is 428 g/mol. The summed E-state index contributed by atoms with van der Waals surface area (Å²) >= 11 is 0. The number of fused-ring (bicyclic) bond motifs is 1. The van der Waals surface area contributed by atoms with Crippen LogP contribution in [0.1, 0.15) is 56.8 Å². The van der Waals surface area contributed by atoms with Gasteiger partial charge in [0.05, 0.1) is 17.8 Å². The summed E-state index contributed by atoms with van der Waals surface area (Å²) in [7, 11) is 0. The SMILES string of the molecule is CCC1=C(C2CCCN2c2ccn3ncc(C(=O)NCC(C)(C)O)c3n2)CC(F)C=N1. The number of hydrogen-bond acceptors (Lipinski definition) is 6. The Kier molecular flexibility index (Phi) is 5.79. The maximum atomic E-state index is 14.1. The van der Waals surface area contributed by atoms with Gasteiger partial charge in [-0.25, -0.2) is 13.9 Å². The highest BCUT2D eigenvalue weighted by atomic mass is 19.1. The maximum Gasteiger partial charge on any atom is 0.256 e. The number of alkyl halides is 1. The minimum atomic E-state index is -1.05. The number of halogens is 1. The van der Waals surface area contributed by atoms with Crippen LogP contribution in [0.2, 0.25) is 0 Å². The second-order valence-electron chi connectivity index (χ2n) is 8.78. The minimum Gasteiger partial charge on any atom is -0.389 e. The highest BCUT2D eigenvalue weighted by Gasteiger charge is 2.33. The van der Waals surface area contributed by atoms with Crippen LogP contribution in [0.25, 0.3) is 5.65 Å². The highest BCUT2D eigenvalue weighted by Crippen LogP contribution is 2.35. The fourth-order valence-electron chi connectivity index (χ4n) is 4.26. The summed E-state index contributed by atoms with van der Waals surface area (Å²) < 4.78 is 15.7. The average Bonchev–Trinajstić information content (AvgIpc) is 3.38. The van der Waals surface area contributed by atoms with Crippen LogP contribution in [0.5, 0.6) is 0 Å². The summed E-state index contributed by atoms with van der Waals surface area (Å²) in [4.78, 5) is 23.9. The summed E-state index contributed by atoms with van der Waals surface area (Å²) in [6.45, 7) is 6.23. The first-order valence-electron chi connectivity index (χ1n) is 10.8. The molecule has 1 fully saturated rings. The van der Waals surface area contributed by atoms with Gasteiger partial charge in [0, 0.05) is 37.6 Å². The van der Waals surface area contributed by atoms with Gasteiger partial charge in [-0.3, -0.25) is 9.79 Å². The van der Waals surface area contributed by atoms with Gasteiger partial charge in [-0.1, -0.05) is 6.92 Å². The van der Waals surface area contributed by atoms with E-state index in [1.165, 1.54) is 12.4 Å². The summed E-state index contributed by atoms with van der Waals surface area (Å²) in [6, 6.07) is 1.93. The molecule has 4 rings (SSSR count). The van der Waals surface area contributed by atoms with E-state index in [4.69, 9.17) is 4.98 Å². The third kappa shape index (κ3) is 4.46. The van der Waals surface area contributed by atoms with Gasteiger partial charge in [-0.05, 0) is 44.7 Å². The zero-order valence-corrected chi connectivity index (χ0v) is 18.2. The van der Waals surface area contributed by atoms with Crippen LogP contribution < -0.4 is 10.2 Å². The molecular formula is C22H29FN6O2. The van der Waals surface area contributed by atoms with Crippen molar-refractivity contribution < 1.29 is 14.3 Å². The Labute approximate surface area is 180 Å². The molecule has 2 aromatic rings. The van der Waals surface area contributed by atoms with Crippen LogP contribution in [0.15, 0.2) is 34.7 Å². The lowest BCUT2D eigenvalue weighted by Gasteiger charge is -2.30. The first kappa shape index (κ1) is 21.4. The topological polar surface area (TPSA) is 95.1 Å². The van der Waals surface area contributed by atoms with Crippen molar-refractivity contribution in [1.82, 2.24) is 19.9 Å². The minimum absolute atomic E-state index is 0.0518. The summed E-state index contributed by atoms with van der Waals surface area (Å²) in [5.41, 5.74) is 1.80. The zero-order valence-electron chi connectivity index (χ0n) is 18.2. The smallest absolute Gasteiger partial charge is 0.256 e. The second-order valence-corrected chi connectivity index (χ2v) is 8.78. The van der Waals surface area contributed by atoms with Crippen LogP contribution >= 0.6 is 0 Å². The summed E-state index contributed by atoms with van der Waals surface area (Å²) in [5.74, 6) is 0.401. The van der Waals surface area contributed by atoms with Crippen molar-refractivity contribution in [2.45, 2.75) is 64.3 Å². The molecule has 0 spiro atoms. The van der Waals surface area contributed by atoms with E-state index in [-0.39, 0.29) is 18.5 Å². The molecule has 0 aliphatic carbocycles. The molecular weight excluding hydrogens is 399 g/mol. The van der Waals surface area contributed by atoms with Crippen molar-refractivity contribution in [1.29, 1.82) is 0 Å². The molecule has 0 radical (unpaired) electrons. The van der Waals surface area contributed by atoms with E-state index >= 15 is 0 Å². The lowest BCUT2D eigenvalue weighted by Crippen LogP contribution is -2.38. The number of rotatable bonds is 6. The molecule has 1 saturated heterocycles. The Bertz CT molecular complexity index is 1040. The molecule has 31 heavy (non-hydrogen) atoms. The van der Waals surface area contributed by atoms with Gasteiger partial charge in [-0.2, -0.15) is 5.10 Å². The first-order valence-corrected chi connectivity index (χ1v) is 10.8. The molecule has 4 heterocycles. The van der Waals surface area contributed by atoms with Gasteiger partial charge < -0.3 is 15.3 Å². The molecule has 2 atom stereocenters. The predicted molar refractivity (Wildman–Crippen MR) is 117 cm³/mol. The number of aliphatic imine (C=N–C) groups is 1. The van der Waals surface area contributed by atoms with E-state index in [0.717, 1.165) is 42.9 Å². The number of amides is 1. The second kappa shape index (κ2) is 8.37. The number of nitrogens with zero attached hydrogens (tertiary/aromatic N) is 5.